The van der Waals surface area contributed by atoms with Gasteiger partial charge in [-0.3, -0.25) is 4.79 Å². The van der Waals surface area contributed by atoms with E-state index in [1.54, 1.807) is 0 Å². The molecule has 118 valence electrons. The highest BCUT2D eigenvalue weighted by Gasteiger charge is 2.43. The molecule has 1 aliphatic heterocycles. The maximum absolute atomic E-state index is 12.5. The second-order valence-electron chi connectivity index (χ2n) is 5.03. The van der Waals surface area contributed by atoms with Crippen molar-refractivity contribution in [3.05, 3.63) is 14.9 Å². The lowest BCUT2D eigenvalue weighted by molar-refractivity contribution is -0.151. The highest BCUT2D eigenvalue weighted by Crippen LogP contribution is 2.40. The molecule has 0 aliphatic carbocycles. The first kappa shape index (κ1) is 17.2. The lowest BCUT2D eigenvalue weighted by Gasteiger charge is -2.37. The standard InChI is InChI=1S/C12H15BrClNO4S2/c1-2-12(11(16)17)3-5-15(6-4-12)21(18,19)9-7-8(14)10(13)20-9/h7H,2-6H2,1H3,(H,16,17). The van der Waals surface area contributed by atoms with Gasteiger partial charge in [0.25, 0.3) is 10.0 Å². The van der Waals surface area contributed by atoms with Crippen LogP contribution in [0.15, 0.2) is 14.1 Å². The number of aliphatic carboxylic acids is 1. The number of thiophene rings is 1. The third-order valence-corrected chi connectivity index (χ3v) is 8.85. The molecule has 1 saturated heterocycles. The van der Waals surface area contributed by atoms with E-state index in [1.807, 2.05) is 6.92 Å². The fourth-order valence-electron chi connectivity index (χ4n) is 2.45. The number of carboxylic acids is 1. The van der Waals surface area contributed by atoms with Crippen LogP contribution in [0.1, 0.15) is 26.2 Å². The van der Waals surface area contributed by atoms with Crippen LogP contribution in [0, 0.1) is 5.41 Å². The molecule has 0 unspecified atom stereocenters. The van der Waals surface area contributed by atoms with Crippen LogP contribution >= 0.6 is 38.9 Å². The van der Waals surface area contributed by atoms with Crippen molar-refractivity contribution in [3.63, 3.8) is 0 Å². The summed E-state index contributed by atoms with van der Waals surface area (Å²) in [5.41, 5.74) is -0.806. The average Bonchev–Trinajstić information content (AvgIpc) is 2.79. The van der Waals surface area contributed by atoms with Crippen molar-refractivity contribution in [2.45, 2.75) is 30.4 Å². The molecule has 9 heteroatoms. The topological polar surface area (TPSA) is 74.7 Å². The normalized spacial score (nSPS) is 19.6. The minimum Gasteiger partial charge on any atom is -0.481 e. The summed E-state index contributed by atoms with van der Waals surface area (Å²) in [4.78, 5) is 11.4. The van der Waals surface area contributed by atoms with Gasteiger partial charge in [0, 0.05) is 13.1 Å². The number of halogens is 2. The molecule has 0 saturated carbocycles. The Bertz CT molecular complexity index is 631. The number of sulfonamides is 1. The number of carbonyl (C=O) groups is 1. The Morgan fingerprint density at radius 1 is 1.52 bits per heavy atom. The predicted molar refractivity (Wildman–Crippen MR) is 85.4 cm³/mol. The molecule has 0 amide bonds. The summed E-state index contributed by atoms with van der Waals surface area (Å²) in [6.45, 7) is 2.26. The first-order valence-electron chi connectivity index (χ1n) is 6.41. The van der Waals surface area contributed by atoms with Gasteiger partial charge in [-0.1, -0.05) is 18.5 Å². The molecule has 21 heavy (non-hydrogen) atoms. The number of hydrogen-bond donors (Lipinski definition) is 1. The molecule has 0 spiro atoms. The highest BCUT2D eigenvalue weighted by molar-refractivity contribution is 9.11. The third-order valence-electron chi connectivity index (χ3n) is 4.03. The first-order chi connectivity index (χ1) is 9.73. The van der Waals surface area contributed by atoms with Crippen molar-refractivity contribution >= 4 is 54.9 Å². The van der Waals surface area contributed by atoms with Gasteiger partial charge >= 0.3 is 5.97 Å². The van der Waals surface area contributed by atoms with Crippen LogP contribution in [-0.4, -0.2) is 36.9 Å². The van der Waals surface area contributed by atoms with Crippen LogP contribution in [0.25, 0.3) is 0 Å². The van der Waals surface area contributed by atoms with Crippen LogP contribution in [0.2, 0.25) is 5.02 Å². The summed E-state index contributed by atoms with van der Waals surface area (Å²) in [5, 5.41) is 9.71. The summed E-state index contributed by atoms with van der Waals surface area (Å²) in [7, 11) is -3.60. The van der Waals surface area contributed by atoms with E-state index in [9.17, 15) is 18.3 Å². The minimum absolute atomic E-state index is 0.179. The smallest absolute Gasteiger partial charge is 0.309 e. The molecule has 1 aromatic heterocycles. The molecule has 2 rings (SSSR count). The minimum atomic E-state index is -3.60. The van der Waals surface area contributed by atoms with Crippen molar-refractivity contribution in [1.29, 1.82) is 0 Å². The summed E-state index contributed by atoms with van der Waals surface area (Å²) in [5.74, 6) is -0.844. The van der Waals surface area contributed by atoms with E-state index >= 15 is 0 Å². The molecule has 1 aromatic rings. The number of rotatable bonds is 4. The quantitative estimate of drug-likeness (QED) is 0.816. The Morgan fingerprint density at radius 2 is 2.10 bits per heavy atom. The largest absolute Gasteiger partial charge is 0.481 e. The molecular weight excluding hydrogens is 402 g/mol. The molecular formula is C12H15BrClNO4S2. The predicted octanol–water partition coefficient (Wildman–Crippen LogP) is 3.43. The van der Waals surface area contributed by atoms with Gasteiger partial charge in [0.15, 0.2) is 0 Å². The Hall–Kier alpha value is -0.150. The maximum atomic E-state index is 12.5. The molecule has 1 aliphatic rings. The van der Waals surface area contributed by atoms with Gasteiger partial charge in [0.2, 0.25) is 0 Å². The zero-order valence-electron chi connectivity index (χ0n) is 11.3. The van der Waals surface area contributed by atoms with E-state index in [1.165, 1.54) is 10.4 Å². The van der Waals surface area contributed by atoms with Gasteiger partial charge < -0.3 is 5.11 Å². The fourth-order valence-corrected chi connectivity index (χ4v) is 6.45. The highest BCUT2D eigenvalue weighted by atomic mass is 79.9. The number of hydrogen-bond acceptors (Lipinski definition) is 4. The second kappa shape index (κ2) is 6.16. The van der Waals surface area contributed by atoms with E-state index in [0.717, 1.165) is 11.3 Å². The van der Waals surface area contributed by atoms with Crippen LogP contribution < -0.4 is 0 Å². The Kier molecular flexibility index (Phi) is 5.04. The van der Waals surface area contributed by atoms with E-state index in [-0.39, 0.29) is 17.3 Å². The maximum Gasteiger partial charge on any atom is 0.309 e. The molecule has 2 heterocycles. The van der Waals surface area contributed by atoms with Gasteiger partial charge in [0.1, 0.15) is 4.21 Å². The molecule has 0 aromatic carbocycles. The zero-order valence-corrected chi connectivity index (χ0v) is 15.3. The van der Waals surface area contributed by atoms with Gasteiger partial charge in [-0.2, -0.15) is 4.31 Å². The van der Waals surface area contributed by atoms with E-state index in [0.29, 0.717) is 28.1 Å². The number of nitrogens with zero attached hydrogens (tertiary/aromatic N) is 1. The fraction of sp³-hybridized carbons (Fsp3) is 0.583. The average molecular weight is 417 g/mol. The third kappa shape index (κ3) is 3.14. The summed E-state index contributed by atoms with van der Waals surface area (Å²) < 4.78 is 27.2. The summed E-state index contributed by atoms with van der Waals surface area (Å²) in [6.07, 6.45) is 1.17. The zero-order chi connectivity index (χ0) is 15.8. The van der Waals surface area contributed by atoms with Gasteiger partial charge in [0.05, 0.1) is 14.2 Å². The Balaban J connectivity index is 2.20. The summed E-state index contributed by atoms with van der Waals surface area (Å²) >= 11 is 10.2. The van der Waals surface area contributed by atoms with Crippen LogP contribution in [0.4, 0.5) is 0 Å². The van der Waals surface area contributed by atoms with Gasteiger partial charge in [-0.05, 0) is 41.3 Å². The molecule has 1 N–H and O–H groups in total. The van der Waals surface area contributed by atoms with Crippen molar-refractivity contribution in [2.24, 2.45) is 5.41 Å². The molecule has 0 bridgehead atoms. The molecule has 0 atom stereocenters. The first-order valence-corrected chi connectivity index (χ1v) is 9.84. The van der Waals surface area contributed by atoms with Crippen LogP contribution in [0.3, 0.4) is 0 Å². The lowest BCUT2D eigenvalue weighted by Crippen LogP contribution is -2.46. The Labute approximate surface area is 141 Å². The monoisotopic (exact) mass is 415 g/mol. The number of carboxylic acid groups (broad SMARTS) is 1. The van der Waals surface area contributed by atoms with Crippen LogP contribution in [0.5, 0.6) is 0 Å². The van der Waals surface area contributed by atoms with E-state index in [2.05, 4.69) is 15.9 Å². The van der Waals surface area contributed by atoms with Crippen molar-refractivity contribution in [1.82, 2.24) is 4.31 Å². The number of piperidine rings is 1. The SMILES string of the molecule is CCC1(C(=O)O)CCN(S(=O)(=O)c2cc(Cl)c(Br)s2)CC1. The van der Waals surface area contributed by atoms with Gasteiger partial charge in [-0.25, -0.2) is 8.42 Å². The van der Waals surface area contributed by atoms with Crippen LogP contribution in [-0.2, 0) is 14.8 Å². The van der Waals surface area contributed by atoms with Crippen molar-refractivity contribution in [3.8, 4) is 0 Å². The summed E-state index contributed by atoms with van der Waals surface area (Å²) in [6, 6.07) is 1.42. The lowest BCUT2D eigenvalue weighted by atomic mass is 9.77. The van der Waals surface area contributed by atoms with Gasteiger partial charge in [-0.15, -0.1) is 11.3 Å². The molecule has 1 fully saturated rings. The molecule has 5 nitrogen and oxygen atoms in total. The van der Waals surface area contributed by atoms with E-state index in [4.69, 9.17) is 11.6 Å². The van der Waals surface area contributed by atoms with Crippen molar-refractivity contribution < 1.29 is 18.3 Å². The molecule has 0 radical (unpaired) electrons. The van der Waals surface area contributed by atoms with E-state index < -0.39 is 21.4 Å². The second-order valence-corrected chi connectivity index (χ2v) is 9.97. The van der Waals surface area contributed by atoms with Crippen molar-refractivity contribution in [2.75, 3.05) is 13.1 Å². The Morgan fingerprint density at radius 3 is 2.48 bits per heavy atom.